The van der Waals surface area contributed by atoms with Crippen molar-refractivity contribution in [1.29, 1.82) is 0 Å². The molecule has 1 aromatic rings. The Labute approximate surface area is 84.3 Å². The van der Waals surface area contributed by atoms with Crippen LogP contribution < -0.4 is 5.48 Å². The highest BCUT2D eigenvalue weighted by Gasteiger charge is 2.11. The van der Waals surface area contributed by atoms with Gasteiger partial charge in [-0.3, -0.25) is 0 Å². The van der Waals surface area contributed by atoms with Crippen molar-refractivity contribution in [2.75, 3.05) is 0 Å². The summed E-state index contributed by atoms with van der Waals surface area (Å²) in [5.74, 6) is 0.0419. The molecule has 0 radical (unpaired) electrons. The van der Waals surface area contributed by atoms with E-state index in [1.165, 1.54) is 5.56 Å². The molecule has 3 nitrogen and oxygen atoms in total. The summed E-state index contributed by atoms with van der Waals surface area (Å²) in [5.41, 5.74) is 3.11. The molecule has 0 heterocycles. The van der Waals surface area contributed by atoms with Crippen LogP contribution in [0, 0.1) is 5.92 Å². The van der Waals surface area contributed by atoms with E-state index >= 15 is 0 Å². The van der Waals surface area contributed by atoms with Gasteiger partial charge in [0.1, 0.15) is 6.23 Å². The van der Waals surface area contributed by atoms with Crippen molar-refractivity contribution in [2.24, 2.45) is 5.92 Å². The van der Waals surface area contributed by atoms with Gasteiger partial charge < -0.3 is 10.3 Å². The molecule has 2 unspecified atom stereocenters. The standard InChI is InChI=1S/C11H17NO2/c1-9(11(13)12-14)7-8-10-5-3-2-4-6-10/h2-6,9,11-14H,7-8H2,1H3. The molecule has 0 aromatic heterocycles. The van der Waals surface area contributed by atoms with Crippen LogP contribution in [-0.2, 0) is 6.42 Å². The van der Waals surface area contributed by atoms with Crippen molar-refractivity contribution in [3.8, 4) is 0 Å². The lowest BCUT2D eigenvalue weighted by Crippen LogP contribution is -2.32. The van der Waals surface area contributed by atoms with E-state index in [0.29, 0.717) is 0 Å². The van der Waals surface area contributed by atoms with Crippen molar-refractivity contribution >= 4 is 0 Å². The van der Waals surface area contributed by atoms with Gasteiger partial charge in [-0.1, -0.05) is 37.3 Å². The van der Waals surface area contributed by atoms with E-state index in [4.69, 9.17) is 5.21 Å². The Kier molecular flexibility index (Phi) is 4.59. The number of rotatable bonds is 5. The number of hydrogen-bond acceptors (Lipinski definition) is 3. The molecule has 0 fully saturated rings. The highest BCUT2D eigenvalue weighted by molar-refractivity contribution is 5.14. The summed E-state index contributed by atoms with van der Waals surface area (Å²) in [4.78, 5) is 0. The maximum atomic E-state index is 9.24. The van der Waals surface area contributed by atoms with Crippen molar-refractivity contribution < 1.29 is 10.3 Å². The average molecular weight is 195 g/mol. The quantitative estimate of drug-likeness (QED) is 0.493. The first kappa shape index (κ1) is 11.2. The van der Waals surface area contributed by atoms with Crippen molar-refractivity contribution in [3.63, 3.8) is 0 Å². The zero-order valence-corrected chi connectivity index (χ0v) is 8.35. The topological polar surface area (TPSA) is 52.5 Å². The Bertz CT molecular complexity index is 251. The molecule has 0 saturated carbocycles. The van der Waals surface area contributed by atoms with Gasteiger partial charge in [0.25, 0.3) is 0 Å². The molecule has 14 heavy (non-hydrogen) atoms. The summed E-state index contributed by atoms with van der Waals surface area (Å²) in [6.07, 6.45) is 0.929. The van der Waals surface area contributed by atoms with Gasteiger partial charge in [0.2, 0.25) is 0 Å². The zero-order chi connectivity index (χ0) is 10.4. The lowest BCUT2D eigenvalue weighted by Gasteiger charge is -2.16. The number of hydroxylamine groups is 1. The molecule has 0 aliphatic heterocycles. The third-order valence-electron chi connectivity index (χ3n) is 2.40. The maximum absolute atomic E-state index is 9.24. The van der Waals surface area contributed by atoms with Gasteiger partial charge in [0.15, 0.2) is 0 Å². The first-order valence-electron chi connectivity index (χ1n) is 4.85. The second-order valence-corrected chi connectivity index (χ2v) is 3.58. The Balaban J connectivity index is 2.34. The van der Waals surface area contributed by atoms with Crippen molar-refractivity contribution in [3.05, 3.63) is 35.9 Å². The van der Waals surface area contributed by atoms with Gasteiger partial charge >= 0.3 is 0 Å². The number of aliphatic hydroxyl groups excluding tert-OH is 1. The van der Waals surface area contributed by atoms with Crippen LogP contribution in [0.2, 0.25) is 0 Å². The number of hydrogen-bond donors (Lipinski definition) is 3. The van der Waals surface area contributed by atoms with Gasteiger partial charge in [-0.25, -0.2) is 0 Å². The highest BCUT2D eigenvalue weighted by Crippen LogP contribution is 2.11. The van der Waals surface area contributed by atoms with Gasteiger partial charge in [0.05, 0.1) is 0 Å². The van der Waals surface area contributed by atoms with Crippen molar-refractivity contribution in [2.45, 2.75) is 26.0 Å². The second kappa shape index (κ2) is 5.75. The molecule has 0 saturated heterocycles. The molecule has 0 spiro atoms. The van der Waals surface area contributed by atoms with Gasteiger partial charge in [0, 0.05) is 0 Å². The fourth-order valence-corrected chi connectivity index (χ4v) is 1.32. The van der Waals surface area contributed by atoms with Crippen LogP contribution in [0.3, 0.4) is 0 Å². The second-order valence-electron chi connectivity index (χ2n) is 3.58. The van der Waals surface area contributed by atoms with E-state index in [0.717, 1.165) is 12.8 Å². The smallest absolute Gasteiger partial charge is 0.129 e. The van der Waals surface area contributed by atoms with E-state index in [-0.39, 0.29) is 5.92 Å². The Hall–Kier alpha value is -0.900. The van der Waals surface area contributed by atoms with E-state index in [9.17, 15) is 5.11 Å². The van der Waals surface area contributed by atoms with Crippen LogP contribution in [0.4, 0.5) is 0 Å². The van der Waals surface area contributed by atoms with Crippen LogP contribution in [0.1, 0.15) is 18.9 Å². The monoisotopic (exact) mass is 195 g/mol. The number of aliphatic hydroxyl groups is 1. The molecule has 3 heteroatoms. The molecule has 0 aliphatic rings. The molecule has 1 aromatic carbocycles. The molecular weight excluding hydrogens is 178 g/mol. The number of aryl methyl sites for hydroxylation is 1. The molecule has 0 bridgehead atoms. The third kappa shape index (κ3) is 3.46. The first-order chi connectivity index (χ1) is 6.74. The largest absolute Gasteiger partial charge is 0.376 e. The Morgan fingerprint density at radius 3 is 2.50 bits per heavy atom. The van der Waals surface area contributed by atoms with Crippen LogP contribution in [-0.4, -0.2) is 16.5 Å². The van der Waals surface area contributed by atoms with E-state index in [1.807, 2.05) is 30.6 Å². The molecule has 0 amide bonds. The SMILES string of the molecule is CC(CCc1ccccc1)C(O)NO. The predicted molar refractivity (Wildman–Crippen MR) is 54.9 cm³/mol. The lowest BCUT2D eigenvalue weighted by atomic mass is 10.00. The number of benzene rings is 1. The van der Waals surface area contributed by atoms with Crippen molar-refractivity contribution in [1.82, 2.24) is 5.48 Å². The normalized spacial score (nSPS) is 15.1. The summed E-state index contributed by atoms with van der Waals surface area (Å²) in [7, 11) is 0. The highest BCUT2D eigenvalue weighted by atomic mass is 16.5. The Morgan fingerprint density at radius 1 is 1.29 bits per heavy atom. The fraction of sp³-hybridized carbons (Fsp3) is 0.455. The molecule has 0 aliphatic carbocycles. The Morgan fingerprint density at radius 2 is 1.93 bits per heavy atom. The molecule has 1 rings (SSSR count). The molecular formula is C11H17NO2. The molecule has 2 atom stereocenters. The lowest BCUT2D eigenvalue weighted by molar-refractivity contribution is -0.0312. The average Bonchev–Trinajstić information content (AvgIpc) is 2.26. The maximum Gasteiger partial charge on any atom is 0.129 e. The third-order valence-corrected chi connectivity index (χ3v) is 2.40. The predicted octanol–water partition coefficient (Wildman–Crippen LogP) is 1.55. The summed E-state index contributed by atoms with van der Waals surface area (Å²) in [6, 6.07) is 10.1. The van der Waals surface area contributed by atoms with Crippen LogP contribution in [0.5, 0.6) is 0 Å². The van der Waals surface area contributed by atoms with Gasteiger partial charge in [-0.05, 0) is 24.3 Å². The minimum Gasteiger partial charge on any atom is -0.376 e. The van der Waals surface area contributed by atoms with E-state index in [1.54, 1.807) is 0 Å². The van der Waals surface area contributed by atoms with E-state index < -0.39 is 6.23 Å². The van der Waals surface area contributed by atoms with Gasteiger partial charge in [-0.2, -0.15) is 5.48 Å². The molecule has 3 N–H and O–H groups in total. The van der Waals surface area contributed by atoms with Gasteiger partial charge in [-0.15, -0.1) is 0 Å². The minimum atomic E-state index is -0.835. The molecule has 78 valence electrons. The summed E-state index contributed by atoms with van der Waals surface area (Å²) >= 11 is 0. The summed E-state index contributed by atoms with van der Waals surface area (Å²) < 4.78 is 0. The van der Waals surface area contributed by atoms with Crippen LogP contribution in [0.15, 0.2) is 30.3 Å². The zero-order valence-electron chi connectivity index (χ0n) is 8.35. The summed E-state index contributed by atoms with van der Waals surface area (Å²) in [5, 5.41) is 17.7. The first-order valence-corrected chi connectivity index (χ1v) is 4.85. The number of nitrogens with one attached hydrogen (secondary N) is 1. The minimum absolute atomic E-state index is 0.0419. The van der Waals surface area contributed by atoms with Crippen LogP contribution in [0.25, 0.3) is 0 Å². The van der Waals surface area contributed by atoms with E-state index in [2.05, 4.69) is 12.1 Å². The summed E-state index contributed by atoms with van der Waals surface area (Å²) in [6.45, 7) is 1.90. The fourth-order valence-electron chi connectivity index (χ4n) is 1.32. The van der Waals surface area contributed by atoms with Crippen LogP contribution >= 0.6 is 0 Å².